The molecule has 1 aliphatic rings. The Labute approximate surface area is 194 Å². The predicted molar refractivity (Wildman–Crippen MR) is 119 cm³/mol. The molecular weight excluding hydrogens is 450 g/mol. The van der Waals surface area contributed by atoms with Crippen LogP contribution in [0.15, 0.2) is 40.0 Å². The minimum atomic E-state index is -0.452. The number of carbonyl (C=O) groups is 1. The summed E-state index contributed by atoms with van der Waals surface area (Å²) in [5.41, 5.74) is 1.51. The van der Waals surface area contributed by atoms with Crippen molar-refractivity contribution in [2.24, 2.45) is 0 Å². The van der Waals surface area contributed by atoms with Crippen LogP contribution in [0, 0.1) is 0 Å². The summed E-state index contributed by atoms with van der Waals surface area (Å²) in [4.78, 5) is 12.5. The molecule has 0 radical (unpaired) electrons. The van der Waals surface area contributed by atoms with Gasteiger partial charge in [0.15, 0.2) is 23.0 Å². The Morgan fingerprint density at radius 3 is 2.48 bits per heavy atom. The van der Waals surface area contributed by atoms with Crippen molar-refractivity contribution in [1.29, 1.82) is 0 Å². The molecule has 3 aromatic rings. The van der Waals surface area contributed by atoms with E-state index >= 15 is 0 Å². The van der Waals surface area contributed by atoms with Crippen LogP contribution in [0.25, 0.3) is 11.5 Å². The van der Waals surface area contributed by atoms with Gasteiger partial charge in [0.25, 0.3) is 5.22 Å². The van der Waals surface area contributed by atoms with Gasteiger partial charge < -0.3 is 33.4 Å². The van der Waals surface area contributed by atoms with Gasteiger partial charge in [0.05, 0.1) is 26.6 Å². The Balaban J connectivity index is 1.39. The van der Waals surface area contributed by atoms with E-state index in [0.717, 1.165) is 5.56 Å². The highest BCUT2D eigenvalue weighted by atomic mass is 32.2. The minimum absolute atomic E-state index is 0.162. The molecule has 0 bridgehead atoms. The summed E-state index contributed by atoms with van der Waals surface area (Å²) < 4.78 is 32.5. The van der Waals surface area contributed by atoms with Crippen molar-refractivity contribution in [3.05, 3.63) is 35.9 Å². The maximum Gasteiger partial charge on any atom is 0.277 e. The number of rotatable bonds is 9. The summed E-state index contributed by atoms with van der Waals surface area (Å²) in [6.07, 6.45) is 0. The molecule has 0 saturated carbocycles. The first-order valence-corrected chi connectivity index (χ1v) is 10.9. The van der Waals surface area contributed by atoms with Crippen LogP contribution in [0.3, 0.4) is 0 Å². The quantitative estimate of drug-likeness (QED) is 0.464. The van der Waals surface area contributed by atoms with Gasteiger partial charge in [-0.15, -0.1) is 10.2 Å². The maximum absolute atomic E-state index is 12.5. The molecule has 1 aliphatic heterocycles. The molecule has 174 valence electrons. The molecular formula is C22H23N3O7S. The van der Waals surface area contributed by atoms with E-state index < -0.39 is 5.25 Å². The zero-order valence-corrected chi connectivity index (χ0v) is 19.4. The van der Waals surface area contributed by atoms with Gasteiger partial charge in [0, 0.05) is 12.1 Å². The molecule has 0 fully saturated rings. The molecule has 1 unspecified atom stereocenters. The van der Waals surface area contributed by atoms with Crippen LogP contribution < -0.4 is 29.0 Å². The topological polar surface area (TPSA) is 114 Å². The highest BCUT2D eigenvalue weighted by Gasteiger charge is 2.21. The number of benzene rings is 2. The first kappa shape index (κ1) is 22.6. The zero-order chi connectivity index (χ0) is 23.4. The number of fused-ring (bicyclic) bond motifs is 1. The summed E-state index contributed by atoms with van der Waals surface area (Å²) in [5.74, 6) is 2.88. The fraction of sp³-hybridized carbons (Fsp3) is 0.318. The van der Waals surface area contributed by atoms with Crippen molar-refractivity contribution < 1.29 is 32.9 Å². The van der Waals surface area contributed by atoms with E-state index in [2.05, 4.69) is 15.5 Å². The Morgan fingerprint density at radius 1 is 1.06 bits per heavy atom. The molecule has 1 atom stereocenters. The fourth-order valence-corrected chi connectivity index (χ4v) is 3.88. The van der Waals surface area contributed by atoms with Crippen molar-refractivity contribution in [1.82, 2.24) is 15.5 Å². The SMILES string of the molecule is COc1cc(-c2nnc(SC(C)C(=O)NCc3ccc4c(c3)OCO4)o2)cc(OC)c1OC. The van der Waals surface area contributed by atoms with E-state index in [9.17, 15) is 4.79 Å². The Hall–Kier alpha value is -3.60. The van der Waals surface area contributed by atoms with Crippen LogP contribution in [0.1, 0.15) is 12.5 Å². The zero-order valence-electron chi connectivity index (χ0n) is 18.5. The van der Waals surface area contributed by atoms with E-state index in [4.69, 9.17) is 28.1 Å². The third kappa shape index (κ3) is 4.92. The number of nitrogens with one attached hydrogen (secondary N) is 1. The van der Waals surface area contributed by atoms with Gasteiger partial charge in [-0.2, -0.15) is 0 Å². The lowest BCUT2D eigenvalue weighted by atomic mass is 10.2. The van der Waals surface area contributed by atoms with E-state index in [1.54, 1.807) is 19.1 Å². The van der Waals surface area contributed by atoms with Crippen molar-refractivity contribution >= 4 is 17.7 Å². The molecule has 1 aromatic heterocycles. The van der Waals surface area contributed by atoms with E-state index in [1.807, 2.05) is 18.2 Å². The Kier molecular flexibility index (Phi) is 6.78. The van der Waals surface area contributed by atoms with Crippen LogP contribution in [-0.4, -0.2) is 49.5 Å². The number of thioether (sulfide) groups is 1. The van der Waals surface area contributed by atoms with Gasteiger partial charge in [0.1, 0.15) is 0 Å². The summed E-state index contributed by atoms with van der Waals surface area (Å²) >= 11 is 1.17. The molecule has 4 rings (SSSR count). The third-order valence-electron chi connectivity index (χ3n) is 4.87. The molecule has 2 heterocycles. The van der Waals surface area contributed by atoms with Crippen LogP contribution in [-0.2, 0) is 11.3 Å². The van der Waals surface area contributed by atoms with Gasteiger partial charge >= 0.3 is 0 Å². The van der Waals surface area contributed by atoms with E-state index in [-0.39, 0.29) is 23.8 Å². The average molecular weight is 474 g/mol. The summed E-state index contributed by atoms with van der Waals surface area (Å²) in [6, 6.07) is 8.98. The number of amides is 1. The third-order valence-corrected chi connectivity index (χ3v) is 5.80. The predicted octanol–water partition coefficient (Wildman–Crippen LogP) is 3.29. The number of aromatic nitrogens is 2. The molecule has 0 saturated heterocycles. The summed E-state index contributed by atoms with van der Waals surface area (Å²) in [7, 11) is 4.58. The monoisotopic (exact) mass is 473 g/mol. The first-order valence-electron chi connectivity index (χ1n) is 9.99. The standard InChI is InChI=1S/C22H23N3O7S/c1-12(20(26)23-10-13-5-6-15-16(7-13)31-11-30-15)33-22-25-24-21(32-22)14-8-17(27-2)19(29-4)18(9-14)28-3/h5-9,12H,10-11H2,1-4H3,(H,23,26). The first-order chi connectivity index (χ1) is 16.0. The van der Waals surface area contributed by atoms with Crippen molar-refractivity contribution in [2.45, 2.75) is 23.9 Å². The molecule has 0 aliphatic carbocycles. The molecule has 0 spiro atoms. The van der Waals surface area contributed by atoms with Crippen LogP contribution in [0.5, 0.6) is 28.7 Å². The number of ether oxygens (including phenoxy) is 5. The highest BCUT2D eigenvalue weighted by Crippen LogP contribution is 2.41. The molecule has 10 nitrogen and oxygen atoms in total. The van der Waals surface area contributed by atoms with Crippen molar-refractivity contribution in [3.8, 4) is 40.2 Å². The second-order valence-corrected chi connectivity index (χ2v) is 8.24. The molecule has 2 aromatic carbocycles. The number of carbonyl (C=O) groups excluding carboxylic acids is 1. The normalized spacial score (nSPS) is 12.8. The largest absolute Gasteiger partial charge is 0.493 e. The van der Waals surface area contributed by atoms with E-state index in [0.29, 0.717) is 40.9 Å². The summed E-state index contributed by atoms with van der Waals surface area (Å²) in [5, 5.41) is 10.8. The lowest BCUT2D eigenvalue weighted by Crippen LogP contribution is -2.30. The molecule has 1 amide bonds. The fourth-order valence-electron chi connectivity index (χ4n) is 3.17. The number of hydrogen-bond acceptors (Lipinski definition) is 10. The van der Waals surface area contributed by atoms with Crippen LogP contribution in [0.4, 0.5) is 0 Å². The number of hydrogen-bond donors (Lipinski definition) is 1. The average Bonchev–Trinajstić information content (AvgIpc) is 3.50. The second kappa shape index (κ2) is 9.90. The molecule has 33 heavy (non-hydrogen) atoms. The Morgan fingerprint density at radius 2 is 1.79 bits per heavy atom. The number of nitrogens with zero attached hydrogens (tertiary/aromatic N) is 2. The van der Waals surface area contributed by atoms with Gasteiger partial charge in [-0.25, -0.2) is 0 Å². The van der Waals surface area contributed by atoms with Gasteiger partial charge in [0.2, 0.25) is 24.3 Å². The van der Waals surface area contributed by atoms with Crippen molar-refractivity contribution in [2.75, 3.05) is 28.1 Å². The van der Waals surface area contributed by atoms with Crippen LogP contribution in [0.2, 0.25) is 0 Å². The van der Waals surface area contributed by atoms with Gasteiger partial charge in [-0.1, -0.05) is 17.8 Å². The lowest BCUT2D eigenvalue weighted by molar-refractivity contribution is -0.120. The minimum Gasteiger partial charge on any atom is -0.493 e. The summed E-state index contributed by atoms with van der Waals surface area (Å²) in [6.45, 7) is 2.34. The Bertz CT molecular complexity index is 1130. The highest BCUT2D eigenvalue weighted by molar-refractivity contribution is 8.00. The smallest absolute Gasteiger partial charge is 0.277 e. The van der Waals surface area contributed by atoms with Gasteiger partial charge in [-0.05, 0) is 36.8 Å². The van der Waals surface area contributed by atoms with Gasteiger partial charge in [-0.3, -0.25) is 4.79 Å². The van der Waals surface area contributed by atoms with Crippen LogP contribution >= 0.6 is 11.8 Å². The second-order valence-electron chi connectivity index (χ2n) is 6.95. The van der Waals surface area contributed by atoms with Crippen molar-refractivity contribution in [3.63, 3.8) is 0 Å². The lowest BCUT2D eigenvalue weighted by Gasteiger charge is -2.12. The number of methoxy groups -OCH3 is 3. The van der Waals surface area contributed by atoms with E-state index in [1.165, 1.54) is 33.1 Å². The maximum atomic E-state index is 12.5. The molecule has 11 heteroatoms. The molecule has 1 N–H and O–H groups in total.